The molecule has 0 unspecified atom stereocenters. The van der Waals surface area contributed by atoms with Gasteiger partial charge in [-0.15, -0.1) is 0 Å². The van der Waals surface area contributed by atoms with Crippen molar-refractivity contribution in [3.63, 3.8) is 0 Å². The van der Waals surface area contributed by atoms with Crippen LogP contribution in [0.15, 0.2) is 36.5 Å². The van der Waals surface area contributed by atoms with Crippen molar-refractivity contribution >= 4 is 5.97 Å². The number of hydrogen-bond donors (Lipinski definition) is 4. The first kappa shape index (κ1) is 22.6. The van der Waals surface area contributed by atoms with Crippen molar-refractivity contribution in [2.24, 2.45) is 5.92 Å². The standard InChI is InChI=1S/C20H32O6/c1-2-3-6-9-15(21)12-13-18-16(17(22)14-20(25)26-18)10-7-4-5-8-11-19(23)24/h3-4,6-7,12-13,15-18,20-22,25H,2,5,8-11,14H2,1H3,(H,23,24)/b6-3+,7-4-,13-12+/t15-,16-,17-,18+,20-/m0/s1. The van der Waals surface area contributed by atoms with E-state index in [0.29, 0.717) is 25.7 Å². The van der Waals surface area contributed by atoms with E-state index in [9.17, 15) is 20.1 Å². The summed E-state index contributed by atoms with van der Waals surface area (Å²) in [4.78, 5) is 10.5. The highest BCUT2D eigenvalue weighted by Crippen LogP contribution is 2.29. The first-order chi connectivity index (χ1) is 12.4. The van der Waals surface area contributed by atoms with Crippen molar-refractivity contribution in [3.8, 4) is 0 Å². The van der Waals surface area contributed by atoms with Gasteiger partial charge in [-0.3, -0.25) is 4.79 Å². The molecule has 0 aromatic rings. The molecule has 4 N–H and O–H groups in total. The molecule has 0 radical (unpaired) electrons. The molecule has 0 aromatic carbocycles. The average molecular weight is 368 g/mol. The number of carbonyl (C=O) groups is 1. The maximum absolute atomic E-state index is 10.5. The highest BCUT2D eigenvalue weighted by molar-refractivity contribution is 5.66. The molecule has 1 heterocycles. The summed E-state index contributed by atoms with van der Waals surface area (Å²) < 4.78 is 5.52. The van der Waals surface area contributed by atoms with Crippen molar-refractivity contribution in [1.82, 2.24) is 0 Å². The first-order valence-electron chi connectivity index (χ1n) is 9.33. The predicted octanol–water partition coefficient (Wildman–Crippen LogP) is 2.55. The molecule has 1 rings (SSSR count). The largest absolute Gasteiger partial charge is 0.481 e. The zero-order valence-electron chi connectivity index (χ0n) is 15.4. The van der Waals surface area contributed by atoms with Gasteiger partial charge in [-0.1, -0.05) is 43.4 Å². The number of aliphatic carboxylic acids is 1. The SMILES string of the molecule is CC/C=C/C[C@H](O)/C=C/[C@H]1O[C@H](O)C[C@H](O)[C@@H]1C/C=C\CCCC(=O)O. The third-order valence-corrected chi connectivity index (χ3v) is 4.31. The van der Waals surface area contributed by atoms with Crippen molar-refractivity contribution in [2.45, 2.75) is 76.5 Å². The molecule has 0 spiro atoms. The summed E-state index contributed by atoms with van der Waals surface area (Å²) in [6.07, 6.45) is 11.8. The van der Waals surface area contributed by atoms with Crippen molar-refractivity contribution < 1.29 is 30.0 Å². The highest BCUT2D eigenvalue weighted by Gasteiger charge is 2.35. The second kappa shape index (κ2) is 12.8. The number of aliphatic hydroxyl groups is 3. The van der Waals surface area contributed by atoms with E-state index in [4.69, 9.17) is 9.84 Å². The summed E-state index contributed by atoms with van der Waals surface area (Å²) in [6, 6.07) is 0. The van der Waals surface area contributed by atoms with Crippen LogP contribution in [0, 0.1) is 5.92 Å². The van der Waals surface area contributed by atoms with Crippen LogP contribution in [-0.2, 0) is 9.53 Å². The molecule has 1 aliphatic heterocycles. The molecular weight excluding hydrogens is 336 g/mol. The summed E-state index contributed by atoms with van der Waals surface area (Å²) in [5, 5.41) is 38.6. The molecule has 0 aromatic heterocycles. The number of unbranched alkanes of at least 4 members (excludes halogenated alkanes) is 1. The topological polar surface area (TPSA) is 107 Å². The molecule has 148 valence electrons. The normalized spacial score (nSPS) is 28.3. The summed E-state index contributed by atoms with van der Waals surface area (Å²) in [7, 11) is 0. The van der Waals surface area contributed by atoms with Crippen LogP contribution in [0.4, 0.5) is 0 Å². The van der Waals surface area contributed by atoms with Gasteiger partial charge in [-0.05, 0) is 32.1 Å². The third kappa shape index (κ3) is 9.29. The molecular formula is C20H32O6. The van der Waals surface area contributed by atoms with E-state index in [2.05, 4.69) is 0 Å². The van der Waals surface area contributed by atoms with Crippen LogP contribution in [0.5, 0.6) is 0 Å². The van der Waals surface area contributed by atoms with E-state index in [1.54, 1.807) is 12.2 Å². The van der Waals surface area contributed by atoms with Gasteiger partial charge in [0.25, 0.3) is 0 Å². The molecule has 0 bridgehead atoms. The van der Waals surface area contributed by atoms with Gasteiger partial charge >= 0.3 is 5.97 Å². The summed E-state index contributed by atoms with van der Waals surface area (Å²) in [5.41, 5.74) is 0. The number of hydrogen-bond acceptors (Lipinski definition) is 5. The Morgan fingerprint density at radius 3 is 2.69 bits per heavy atom. The lowest BCUT2D eigenvalue weighted by Crippen LogP contribution is -2.43. The summed E-state index contributed by atoms with van der Waals surface area (Å²) >= 11 is 0. The fourth-order valence-electron chi connectivity index (χ4n) is 2.88. The summed E-state index contributed by atoms with van der Waals surface area (Å²) in [5.74, 6) is -1.02. The van der Waals surface area contributed by atoms with Gasteiger partial charge in [0.2, 0.25) is 0 Å². The maximum Gasteiger partial charge on any atom is 0.303 e. The van der Waals surface area contributed by atoms with Crippen LogP contribution in [0.25, 0.3) is 0 Å². The Morgan fingerprint density at radius 1 is 1.23 bits per heavy atom. The number of carboxylic acids is 1. The minimum atomic E-state index is -1.02. The Labute approximate surface area is 155 Å². The van der Waals surface area contributed by atoms with Crippen molar-refractivity contribution in [3.05, 3.63) is 36.5 Å². The minimum Gasteiger partial charge on any atom is -0.481 e. The number of rotatable bonds is 11. The number of aliphatic hydroxyl groups excluding tert-OH is 3. The molecule has 6 heteroatoms. The minimum absolute atomic E-state index is 0.140. The molecule has 6 nitrogen and oxygen atoms in total. The fourth-order valence-corrected chi connectivity index (χ4v) is 2.88. The molecule has 26 heavy (non-hydrogen) atoms. The lowest BCUT2D eigenvalue weighted by molar-refractivity contribution is -0.199. The molecule has 1 fully saturated rings. The Bertz CT molecular complexity index is 485. The smallest absolute Gasteiger partial charge is 0.303 e. The van der Waals surface area contributed by atoms with Crippen LogP contribution < -0.4 is 0 Å². The van der Waals surface area contributed by atoms with Crippen LogP contribution in [0.1, 0.15) is 51.9 Å². The van der Waals surface area contributed by atoms with Crippen LogP contribution in [0.2, 0.25) is 0 Å². The van der Waals surface area contributed by atoms with Gasteiger partial charge in [0, 0.05) is 18.8 Å². The third-order valence-electron chi connectivity index (χ3n) is 4.31. The zero-order valence-corrected chi connectivity index (χ0v) is 15.4. The predicted molar refractivity (Wildman–Crippen MR) is 99.4 cm³/mol. The summed E-state index contributed by atoms with van der Waals surface area (Å²) in [6.45, 7) is 2.02. The molecule has 1 saturated heterocycles. The second-order valence-corrected chi connectivity index (χ2v) is 6.58. The number of ether oxygens (including phenoxy) is 1. The van der Waals surface area contributed by atoms with E-state index in [0.717, 1.165) is 6.42 Å². The highest BCUT2D eigenvalue weighted by atomic mass is 16.6. The maximum atomic E-state index is 10.5. The van der Waals surface area contributed by atoms with Crippen LogP contribution >= 0.6 is 0 Å². The Morgan fingerprint density at radius 2 is 2.00 bits per heavy atom. The fraction of sp³-hybridized carbons (Fsp3) is 0.650. The molecule has 5 atom stereocenters. The Balaban J connectivity index is 2.56. The lowest BCUT2D eigenvalue weighted by atomic mass is 9.87. The average Bonchev–Trinajstić information content (AvgIpc) is 2.57. The van der Waals surface area contributed by atoms with Crippen LogP contribution in [-0.4, -0.2) is 51.0 Å². The quantitative estimate of drug-likeness (QED) is 0.330. The molecule has 0 saturated carbocycles. The van der Waals surface area contributed by atoms with E-state index in [1.165, 1.54) is 0 Å². The zero-order chi connectivity index (χ0) is 19.4. The Kier molecular flexibility index (Phi) is 11.1. The molecule has 0 amide bonds. The van der Waals surface area contributed by atoms with Gasteiger partial charge in [0.05, 0.1) is 18.3 Å². The van der Waals surface area contributed by atoms with E-state index < -0.39 is 30.6 Å². The van der Waals surface area contributed by atoms with Crippen molar-refractivity contribution in [2.75, 3.05) is 0 Å². The van der Waals surface area contributed by atoms with Gasteiger partial charge in [0.15, 0.2) is 6.29 Å². The van der Waals surface area contributed by atoms with E-state index in [1.807, 2.05) is 31.2 Å². The Hall–Kier alpha value is -1.47. The molecule has 0 aliphatic carbocycles. The first-order valence-corrected chi connectivity index (χ1v) is 9.33. The number of allylic oxidation sites excluding steroid dienone is 3. The van der Waals surface area contributed by atoms with E-state index >= 15 is 0 Å². The monoisotopic (exact) mass is 368 g/mol. The van der Waals surface area contributed by atoms with Gasteiger partial charge in [-0.2, -0.15) is 0 Å². The molecule has 1 aliphatic rings. The van der Waals surface area contributed by atoms with Gasteiger partial charge in [0.1, 0.15) is 0 Å². The van der Waals surface area contributed by atoms with Gasteiger partial charge < -0.3 is 25.2 Å². The number of carboxylic acid groups (broad SMARTS) is 1. The van der Waals surface area contributed by atoms with Gasteiger partial charge in [-0.25, -0.2) is 0 Å². The van der Waals surface area contributed by atoms with Crippen molar-refractivity contribution in [1.29, 1.82) is 0 Å². The lowest BCUT2D eigenvalue weighted by Gasteiger charge is -2.36. The second-order valence-electron chi connectivity index (χ2n) is 6.58. The van der Waals surface area contributed by atoms with Crippen LogP contribution in [0.3, 0.4) is 0 Å². The van der Waals surface area contributed by atoms with E-state index in [-0.39, 0.29) is 18.8 Å².